The average molecular weight is 1030 g/mol. The lowest BCUT2D eigenvalue weighted by atomic mass is 9.77. The maximum absolute atomic E-state index is 14.4. The molecular weight excluding hydrogens is 941 g/mol. The van der Waals surface area contributed by atoms with Crippen molar-refractivity contribution in [3.63, 3.8) is 0 Å². The third kappa shape index (κ3) is 13.7. The Morgan fingerprint density at radius 2 is 1.69 bits per heavy atom. The molecule has 3 saturated heterocycles. The minimum atomic E-state index is -1.86. The Balaban J connectivity index is 1.38. The Hall–Kier alpha value is -3.33. The maximum Gasteiger partial charge on any atom is 0.311 e. The molecule has 22 heteroatoms. The number of carbonyl (C=O) groups excluding carboxylic acids is 1. The number of carbonyl (C=O) groups is 1. The highest BCUT2D eigenvalue weighted by atomic mass is 16.7. The SMILES string of the molecule is CC[C@H]1OC(=O)[C@H](C)[C@@H](O[C@H]2C[C@@](C)(OC)[C@@H](O)[C@H](C)O2)[C@H](C)[C@@H](O[C@@H]2OCC[C@H](N(C)CCCc3cn([C@H](CO)[C@H](O)c4ccc([N+](=O)[O-])cc4)nn3)[C@H]2O)[C@](C)(O)C[C@@H](C)CN(C)[C@H](C)[C@@H](O)[C@]1(C)O. The van der Waals surface area contributed by atoms with Crippen molar-refractivity contribution < 1.29 is 73.9 Å². The summed E-state index contributed by atoms with van der Waals surface area (Å²) >= 11 is 0. The number of esters is 1. The monoisotopic (exact) mass is 1020 g/mol. The predicted molar refractivity (Wildman–Crippen MR) is 261 cm³/mol. The van der Waals surface area contributed by atoms with Gasteiger partial charge in [0.1, 0.15) is 42.2 Å². The number of methoxy groups -OCH3 is 1. The number of aliphatic hydroxyl groups is 7. The van der Waals surface area contributed by atoms with Crippen LogP contribution in [-0.2, 0) is 39.6 Å². The molecule has 19 atom stereocenters. The second-order valence-corrected chi connectivity index (χ2v) is 21.5. The number of aliphatic hydroxyl groups excluding tert-OH is 5. The highest BCUT2D eigenvalue weighted by Crippen LogP contribution is 2.40. The van der Waals surface area contributed by atoms with Crippen molar-refractivity contribution in [3.05, 3.63) is 51.8 Å². The first-order valence-electron chi connectivity index (χ1n) is 25.4. The van der Waals surface area contributed by atoms with Crippen LogP contribution in [0.5, 0.6) is 0 Å². The standard InChI is InChI=1S/C50H84N6O16/c1-13-38-50(9,64)43(60)31(5)54(11)25-28(2)23-48(7,63)45(29(3)42(30(4)46(62)70-38)71-39-24-49(8,67-12)44(61)32(6)69-39)72-47-41(59)36(20-22-68-47)53(10)21-14-15-34-26-55(52-51-34)37(27-57)40(58)33-16-18-35(19-17-33)56(65)66/h16-19,26,28-32,36-45,47,57-61,63-64H,13-15,20-25,27H2,1-12H3/t28-,29+,30-,31-,32+,36+,37-,38-,39+,40-,41-,42+,43-,44+,45-,47+,48-,49-,50-/m1/s1. The summed E-state index contributed by atoms with van der Waals surface area (Å²) in [6, 6.07) is 3.47. The number of likely N-dealkylation sites (N-methyl/N-ethyl adjacent to an activating group) is 2. The van der Waals surface area contributed by atoms with Gasteiger partial charge < -0.3 is 74.0 Å². The van der Waals surface area contributed by atoms with Crippen LogP contribution in [0, 0.1) is 27.9 Å². The molecule has 0 bridgehead atoms. The minimum absolute atomic E-state index is 0.0785. The largest absolute Gasteiger partial charge is 0.459 e. The molecule has 2 aromatic rings. The number of nitrogens with zero attached hydrogens (tertiary/aromatic N) is 6. The predicted octanol–water partition coefficient (Wildman–Crippen LogP) is 2.28. The topological polar surface area (TPSA) is 294 Å². The van der Waals surface area contributed by atoms with Crippen LogP contribution in [0.4, 0.5) is 5.69 Å². The zero-order valence-corrected chi connectivity index (χ0v) is 44.2. The molecule has 0 spiro atoms. The molecular formula is C50H84N6O16. The third-order valence-corrected chi connectivity index (χ3v) is 15.7. The van der Waals surface area contributed by atoms with Gasteiger partial charge in [-0.3, -0.25) is 14.9 Å². The molecule has 0 aliphatic carbocycles. The van der Waals surface area contributed by atoms with Crippen molar-refractivity contribution in [2.24, 2.45) is 17.8 Å². The van der Waals surface area contributed by atoms with Gasteiger partial charge in [-0.05, 0) is 118 Å². The number of cyclic esters (lactones) is 1. The number of benzene rings is 1. The van der Waals surface area contributed by atoms with Crippen LogP contribution in [-0.4, -0.2) is 203 Å². The summed E-state index contributed by atoms with van der Waals surface area (Å²) in [5.74, 6) is -2.88. The Kier molecular flexibility index (Phi) is 20.7. The second kappa shape index (κ2) is 25.0. The molecule has 72 heavy (non-hydrogen) atoms. The highest BCUT2D eigenvalue weighted by Gasteiger charge is 2.52. The van der Waals surface area contributed by atoms with E-state index in [1.807, 2.05) is 30.8 Å². The lowest BCUT2D eigenvalue weighted by molar-refractivity contribution is -0.384. The van der Waals surface area contributed by atoms with Crippen LogP contribution in [0.25, 0.3) is 0 Å². The van der Waals surface area contributed by atoms with Crippen LogP contribution in [0.2, 0.25) is 0 Å². The molecule has 0 saturated carbocycles. The zero-order chi connectivity index (χ0) is 53.6. The Morgan fingerprint density at radius 3 is 2.31 bits per heavy atom. The van der Waals surface area contributed by atoms with Crippen LogP contribution in [0.15, 0.2) is 30.5 Å². The van der Waals surface area contributed by atoms with Crippen molar-refractivity contribution in [1.29, 1.82) is 0 Å². The lowest BCUT2D eigenvalue weighted by Crippen LogP contribution is -2.60. The number of aromatic nitrogens is 3. The molecule has 22 nitrogen and oxygen atoms in total. The highest BCUT2D eigenvalue weighted by molar-refractivity contribution is 5.73. The van der Waals surface area contributed by atoms with E-state index in [1.165, 1.54) is 43.0 Å². The van der Waals surface area contributed by atoms with Gasteiger partial charge >= 0.3 is 5.97 Å². The molecule has 3 aliphatic rings. The van der Waals surface area contributed by atoms with E-state index in [1.54, 1.807) is 54.7 Å². The molecule has 1 aromatic carbocycles. The first-order valence-corrected chi connectivity index (χ1v) is 25.4. The molecule has 0 unspecified atom stereocenters. The van der Waals surface area contributed by atoms with Gasteiger partial charge in [0, 0.05) is 56.4 Å². The number of aryl methyl sites for hydroxylation is 1. The lowest BCUT2D eigenvalue weighted by Gasteiger charge is -2.48. The summed E-state index contributed by atoms with van der Waals surface area (Å²) in [5.41, 5.74) is -3.76. The van der Waals surface area contributed by atoms with Crippen molar-refractivity contribution in [2.45, 2.75) is 197 Å². The van der Waals surface area contributed by atoms with Gasteiger partial charge in [0.25, 0.3) is 5.69 Å². The first kappa shape index (κ1) is 59.5. The summed E-state index contributed by atoms with van der Waals surface area (Å²) in [6.45, 7) is 16.1. The van der Waals surface area contributed by atoms with Crippen LogP contribution >= 0.6 is 0 Å². The number of hydrogen-bond donors (Lipinski definition) is 7. The van der Waals surface area contributed by atoms with E-state index in [0.29, 0.717) is 43.6 Å². The number of non-ortho nitro benzene ring substituents is 1. The van der Waals surface area contributed by atoms with Crippen LogP contribution in [0.3, 0.4) is 0 Å². The number of hydrogen-bond acceptors (Lipinski definition) is 20. The van der Waals surface area contributed by atoms with Crippen LogP contribution < -0.4 is 0 Å². The number of nitro benzene ring substituents is 1. The number of ether oxygens (including phenoxy) is 6. The van der Waals surface area contributed by atoms with E-state index in [0.717, 1.165) is 0 Å². The Morgan fingerprint density at radius 1 is 1.03 bits per heavy atom. The summed E-state index contributed by atoms with van der Waals surface area (Å²) in [7, 11) is 5.18. The van der Waals surface area contributed by atoms with Crippen molar-refractivity contribution in [3.8, 4) is 0 Å². The fourth-order valence-electron chi connectivity index (χ4n) is 11.0. The smallest absolute Gasteiger partial charge is 0.311 e. The number of nitro groups is 1. The first-order chi connectivity index (χ1) is 33.7. The van der Waals surface area contributed by atoms with E-state index in [4.69, 9.17) is 28.4 Å². The van der Waals surface area contributed by atoms with E-state index < -0.39 is 126 Å². The third-order valence-electron chi connectivity index (χ3n) is 15.7. The molecule has 1 aromatic heterocycles. The average Bonchev–Trinajstić information content (AvgIpc) is 3.80. The van der Waals surface area contributed by atoms with E-state index >= 15 is 0 Å². The van der Waals surface area contributed by atoms with E-state index in [2.05, 4.69) is 10.3 Å². The van der Waals surface area contributed by atoms with Crippen molar-refractivity contribution in [2.75, 3.05) is 47.5 Å². The van der Waals surface area contributed by atoms with E-state index in [-0.39, 0.29) is 37.5 Å². The van der Waals surface area contributed by atoms with Gasteiger partial charge in [-0.1, -0.05) is 26.0 Å². The van der Waals surface area contributed by atoms with Gasteiger partial charge in [0.15, 0.2) is 12.6 Å². The molecule has 7 N–H and O–H groups in total. The summed E-state index contributed by atoms with van der Waals surface area (Å²) < 4.78 is 39.2. The molecule has 410 valence electrons. The fraction of sp³-hybridized carbons (Fsp3) is 0.820. The molecule has 0 amide bonds. The summed E-state index contributed by atoms with van der Waals surface area (Å²) in [5, 5.41) is 100. The van der Waals surface area contributed by atoms with Gasteiger partial charge in [-0.15, -0.1) is 5.10 Å². The quantitative estimate of drug-likeness (QED) is 0.0721. The Labute approximate surface area is 423 Å². The summed E-state index contributed by atoms with van der Waals surface area (Å²) in [4.78, 5) is 28.9. The zero-order valence-electron chi connectivity index (χ0n) is 44.2. The molecule has 5 rings (SSSR count). The van der Waals surface area contributed by atoms with Gasteiger partial charge in [0.05, 0.1) is 59.3 Å². The fourth-order valence-corrected chi connectivity index (χ4v) is 11.0. The summed E-state index contributed by atoms with van der Waals surface area (Å²) in [6.07, 6.45) is -7.55. The van der Waals surface area contributed by atoms with Gasteiger partial charge in [0.2, 0.25) is 0 Å². The van der Waals surface area contributed by atoms with Crippen molar-refractivity contribution in [1.82, 2.24) is 24.8 Å². The normalized spacial score (nSPS) is 38.9. The van der Waals surface area contributed by atoms with Gasteiger partial charge in [-0.2, -0.15) is 0 Å². The molecule has 0 radical (unpaired) electrons. The molecule has 3 fully saturated rings. The maximum atomic E-state index is 14.4. The number of rotatable bonds is 16. The molecule has 4 heterocycles. The minimum Gasteiger partial charge on any atom is -0.459 e. The van der Waals surface area contributed by atoms with Crippen molar-refractivity contribution >= 4 is 11.7 Å². The van der Waals surface area contributed by atoms with Crippen LogP contribution in [0.1, 0.15) is 118 Å². The van der Waals surface area contributed by atoms with Gasteiger partial charge in [-0.25, -0.2) is 4.68 Å². The Bertz CT molecular complexity index is 2030. The van der Waals surface area contributed by atoms with E-state index in [9.17, 15) is 50.7 Å². The molecule has 3 aliphatic heterocycles. The second-order valence-electron chi connectivity index (χ2n) is 21.5.